The molecule has 0 atom stereocenters. The van der Waals surface area contributed by atoms with Gasteiger partial charge in [-0.2, -0.15) is 0 Å². The first-order chi connectivity index (χ1) is 25.3. The number of hydrogen-bond acceptors (Lipinski definition) is 6. The highest BCUT2D eigenvalue weighted by Crippen LogP contribution is 2.44. The quantitative estimate of drug-likeness (QED) is 0.186. The first-order valence-corrected chi connectivity index (χ1v) is 17.7. The van der Waals surface area contributed by atoms with E-state index in [0.29, 0.717) is 17.5 Å². The molecule has 0 saturated heterocycles. The lowest BCUT2D eigenvalue weighted by molar-refractivity contribution is 0.669. The molecule has 0 aliphatic rings. The summed E-state index contributed by atoms with van der Waals surface area (Å²) in [4.78, 5) is 15.3. The number of benzene rings is 7. The summed E-state index contributed by atoms with van der Waals surface area (Å²) in [6.45, 7) is 0. The van der Waals surface area contributed by atoms with Gasteiger partial charge in [-0.3, -0.25) is 0 Å². The predicted molar refractivity (Wildman–Crippen MR) is 209 cm³/mol. The van der Waals surface area contributed by atoms with Crippen LogP contribution in [0.5, 0.6) is 0 Å². The van der Waals surface area contributed by atoms with Crippen molar-refractivity contribution in [2.24, 2.45) is 0 Å². The molecule has 51 heavy (non-hydrogen) atoms. The minimum Gasteiger partial charge on any atom is -0.455 e. The van der Waals surface area contributed by atoms with Crippen molar-refractivity contribution in [1.29, 1.82) is 0 Å². The van der Waals surface area contributed by atoms with Crippen LogP contribution < -0.4 is 0 Å². The van der Waals surface area contributed by atoms with Crippen LogP contribution in [-0.4, -0.2) is 15.0 Å². The molecule has 0 amide bonds. The van der Waals surface area contributed by atoms with Gasteiger partial charge in [-0.25, -0.2) is 15.0 Å². The van der Waals surface area contributed by atoms with Gasteiger partial charge in [-0.1, -0.05) is 109 Å². The SMILES string of the molecule is c1ccc(-c2nc(-c3cccc4c3oc3ccccc34)nc(-c3ccc(-c4ccc5sc6ccccc6c5c4)c4c3oc3ccccc34)n2)cc1. The third-order valence-corrected chi connectivity index (χ3v) is 10.9. The molecular weight excluding hydrogens is 647 g/mol. The average molecular weight is 672 g/mol. The molecule has 0 aliphatic heterocycles. The Bertz CT molecular complexity index is 3160. The van der Waals surface area contributed by atoms with E-state index in [9.17, 15) is 0 Å². The Morgan fingerprint density at radius 2 is 0.980 bits per heavy atom. The molecular formula is C45H25N3O2S. The second-order valence-corrected chi connectivity index (χ2v) is 13.8. The fourth-order valence-electron chi connectivity index (χ4n) is 7.39. The number of nitrogens with zero attached hydrogens (tertiary/aromatic N) is 3. The molecule has 0 fully saturated rings. The molecule has 4 aromatic heterocycles. The van der Waals surface area contributed by atoms with Crippen LogP contribution >= 0.6 is 11.3 Å². The van der Waals surface area contributed by atoms with Gasteiger partial charge >= 0.3 is 0 Å². The zero-order valence-electron chi connectivity index (χ0n) is 27.0. The fraction of sp³-hybridized carbons (Fsp3) is 0. The number of aromatic nitrogens is 3. The van der Waals surface area contributed by atoms with Crippen LogP contribution in [0.25, 0.3) is 109 Å². The Kier molecular flexibility index (Phi) is 6.05. The van der Waals surface area contributed by atoms with Gasteiger partial charge in [0.2, 0.25) is 0 Å². The maximum atomic E-state index is 6.73. The summed E-state index contributed by atoms with van der Waals surface area (Å²) in [5.41, 5.74) is 7.85. The van der Waals surface area contributed by atoms with Gasteiger partial charge < -0.3 is 8.83 Å². The van der Waals surface area contributed by atoms with Crippen molar-refractivity contribution >= 4 is 75.4 Å². The molecule has 5 nitrogen and oxygen atoms in total. The van der Waals surface area contributed by atoms with Crippen LogP contribution in [0.3, 0.4) is 0 Å². The standard InChI is InChI=1S/C45H25N3O2S/c1-2-11-26(12-3-1)43-46-44(33-17-10-16-31-29-13-4-7-18-36(29)49-41(31)33)48-45(47-43)34-23-22-28(40-32-15-5-8-19-37(32)50-42(34)40)27-21-24-39-35(25-27)30-14-6-9-20-38(30)51-39/h1-25H. The van der Waals surface area contributed by atoms with Gasteiger partial charge in [-0.05, 0) is 53.6 Å². The van der Waals surface area contributed by atoms with Crippen LogP contribution in [0.2, 0.25) is 0 Å². The summed E-state index contributed by atoms with van der Waals surface area (Å²) in [7, 11) is 0. The zero-order chi connectivity index (χ0) is 33.5. The minimum atomic E-state index is 0.529. The van der Waals surface area contributed by atoms with E-state index >= 15 is 0 Å². The van der Waals surface area contributed by atoms with Crippen molar-refractivity contribution in [3.8, 4) is 45.3 Å². The van der Waals surface area contributed by atoms with E-state index in [1.54, 1.807) is 0 Å². The van der Waals surface area contributed by atoms with E-state index in [4.69, 9.17) is 23.8 Å². The monoisotopic (exact) mass is 671 g/mol. The van der Waals surface area contributed by atoms with Crippen molar-refractivity contribution in [3.63, 3.8) is 0 Å². The first kappa shape index (κ1) is 28.2. The molecule has 6 heteroatoms. The van der Waals surface area contributed by atoms with Crippen LogP contribution in [0.4, 0.5) is 0 Å². The van der Waals surface area contributed by atoms with Gasteiger partial charge in [0, 0.05) is 47.3 Å². The maximum Gasteiger partial charge on any atom is 0.167 e. The van der Waals surface area contributed by atoms with E-state index in [2.05, 4.69) is 78.9 Å². The summed E-state index contributed by atoms with van der Waals surface area (Å²) in [5, 5.41) is 6.68. The van der Waals surface area contributed by atoms with Gasteiger partial charge in [0.25, 0.3) is 0 Å². The number of rotatable bonds is 4. The fourth-order valence-corrected chi connectivity index (χ4v) is 8.48. The Morgan fingerprint density at radius 3 is 1.82 bits per heavy atom. The van der Waals surface area contributed by atoms with Gasteiger partial charge in [-0.15, -0.1) is 11.3 Å². The summed E-state index contributed by atoms with van der Waals surface area (Å²) in [5.74, 6) is 1.64. The largest absolute Gasteiger partial charge is 0.455 e. The Balaban J connectivity index is 1.17. The molecule has 0 N–H and O–H groups in total. The van der Waals surface area contributed by atoms with Gasteiger partial charge in [0.15, 0.2) is 17.5 Å². The number of furan rings is 2. The van der Waals surface area contributed by atoms with Crippen LogP contribution in [-0.2, 0) is 0 Å². The molecule has 0 bridgehead atoms. The topological polar surface area (TPSA) is 65.0 Å². The molecule has 238 valence electrons. The highest BCUT2D eigenvalue weighted by molar-refractivity contribution is 7.25. The lowest BCUT2D eigenvalue weighted by Crippen LogP contribution is -2.00. The minimum absolute atomic E-state index is 0.529. The molecule has 0 unspecified atom stereocenters. The number of hydrogen-bond donors (Lipinski definition) is 0. The molecule has 4 heterocycles. The van der Waals surface area contributed by atoms with Gasteiger partial charge in [0.1, 0.15) is 22.3 Å². The smallest absolute Gasteiger partial charge is 0.167 e. The predicted octanol–water partition coefficient (Wildman–Crippen LogP) is 12.7. The van der Waals surface area contributed by atoms with Crippen molar-refractivity contribution in [3.05, 3.63) is 152 Å². The van der Waals surface area contributed by atoms with Crippen LogP contribution in [0, 0.1) is 0 Å². The second kappa shape index (κ2) is 10.9. The molecule has 0 saturated carbocycles. The van der Waals surface area contributed by atoms with E-state index in [-0.39, 0.29) is 0 Å². The van der Waals surface area contributed by atoms with Crippen molar-refractivity contribution in [2.45, 2.75) is 0 Å². The van der Waals surface area contributed by atoms with Crippen molar-refractivity contribution < 1.29 is 8.83 Å². The Labute approximate surface area is 295 Å². The highest BCUT2D eigenvalue weighted by Gasteiger charge is 2.22. The summed E-state index contributed by atoms with van der Waals surface area (Å²) < 4.78 is 15.7. The lowest BCUT2D eigenvalue weighted by atomic mass is 9.96. The molecule has 0 aliphatic carbocycles. The third-order valence-electron chi connectivity index (χ3n) is 9.77. The highest BCUT2D eigenvalue weighted by atomic mass is 32.1. The normalized spacial score (nSPS) is 11.9. The van der Waals surface area contributed by atoms with E-state index in [0.717, 1.165) is 71.7 Å². The number of para-hydroxylation sites is 3. The summed E-state index contributed by atoms with van der Waals surface area (Å²) in [6.07, 6.45) is 0. The van der Waals surface area contributed by atoms with E-state index in [1.807, 2.05) is 84.1 Å². The molecule has 0 spiro atoms. The molecule has 0 radical (unpaired) electrons. The Hall–Kier alpha value is -6.63. The van der Waals surface area contributed by atoms with Crippen LogP contribution in [0.15, 0.2) is 160 Å². The Morgan fingerprint density at radius 1 is 0.373 bits per heavy atom. The second-order valence-electron chi connectivity index (χ2n) is 12.7. The summed E-state index contributed by atoms with van der Waals surface area (Å²) in [6, 6.07) is 52.1. The van der Waals surface area contributed by atoms with Crippen molar-refractivity contribution in [2.75, 3.05) is 0 Å². The van der Waals surface area contributed by atoms with Crippen molar-refractivity contribution in [1.82, 2.24) is 15.0 Å². The average Bonchev–Trinajstić information content (AvgIpc) is 3.89. The molecule has 7 aromatic carbocycles. The van der Waals surface area contributed by atoms with E-state index < -0.39 is 0 Å². The zero-order valence-corrected chi connectivity index (χ0v) is 27.8. The first-order valence-electron chi connectivity index (χ1n) is 16.9. The third kappa shape index (κ3) is 4.37. The van der Waals surface area contributed by atoms with Gasteiger partial charge in [0.05, 0.1) is 11.1 Å². The maximum absolute atomic E-state index is 6.73. The molecule has 11 aromatic rings. The van der Waals surface area contributed by atoms with Crippen LogP contribution in [0.1, 0.15) is 0 Å². The molecule has 11 rings (SSSR count). The number of fused-ring (bicyclic) bond motifs is 9. The lowest BCUT2D eigenvalue weighted by Gasteiger charge is -2.11. The number of thiophene rings is 1. The van der Waals surface area contributed by atoms with E-state index in [1.165, 1.54) is 20.2 Å². The summed E-state index contributed by atoms with van der Waals surface area (Å²) >= 11 is 1.83.